The summed E-state index contributed by atoms with van der Waals surface area (Å²) in [6, 6.07) is 20.9. The number of fused-ring (bicyclic) bond motifs is 5. The zero-order chi connectivity index (χ0) is 24.8. The van der Waals surface area contributed by atoms with Crippen LogP contribution in [0, 0.1) is 18.7 Å². The predicted molar refractivity (Wildman–Crippen MR) is 133 cm³/mol. The number of ketones is 1. The van der Waals surface area contributed by atoms with Gasteiger partial charge in [0.15, 0.2) is 5.78 Å². The fourth-order valence-electron chi connectivity index (χ4n) is 6.15. The topological polar surface area (TPSA) is 55.8 Å². The van der Waals surface area contributed by atoms with Crippen molar-refractivity contribution in [3.8, 4) is 11.1 Å². The van der Waals surface area contributed by atoms with E-state index < -0.39 is 5.82 Å². The molecule has 1 aliphatic carbocycles. The number of piperidine rings is 1. The summed E-state index contributed by atoms with van der Waals surface area (Å²) in [6.07, 6.45) is 0.502. The van der Waals surface area contributed by atoms with E-state index in [-0.39, 0.29) is 48.0 Å². The van der Waals surface area contributed by atoms with Crippen molar-refractivity contribution in [1.29, 1.82) is 0 Å². The van der Waals surface area contributed by atoms with Gasteiger partial charge in [0.1, 0.15) is 12.4 Å². The van der Waals surface area contributed by atoms with Crippen LogP contribution in [0.1, 0.15) is 45.8 Å². The minimum atomic E-state index is -0.456. The molecule has 3 aromatic rings. The van der Waals surface area contributed by atoms with Gasteiger partial charge in [0.2, 0.25) is 0 Å². The quantitative estimate of drug-likeness (QED) is 0.442. The highest BCUT2D eigenvalue weighted by Crippen LogP contribution is 2.44. The number of amides is 1. The highest BCUT2D eigenvalue weighted by molar-refractivity contribution is 5.98. The van der Waals surface area contributed by atoms with Crippen molar-refractivity contribution in [1.82, 2.24) is 4.90 Å². The molecule has 0 saturated carbocycles. The lowest BCUT2D eigenvalue weighted by atomic mass is 9.80. The third-order valence-corrected chi connectivity index (χ3v) is 7.90. The number of morpholine rings is 1. The standard InChI is InChI=1S/C30H28FNO4/c1-18-7-6-12-26(28(18)31)29(33)19-13-20-15-35-16-21(14-19)32(20)30(34)36-17-27-24-10-4-2-8-22(24)23-9-3-5-11-25(23)27/h2-12,19-21,27H,13-17H2,1H3. The van der Waals surface area contributed by atoms with Gasteiger partial charge in [-0.05, 0) is 53.6 Å². The van der Waals surface area contributed by atoms with Gasteiger partial charge >= 0.3 is 6.09 Å². The molecule has 36 heavy (non-hydrogen) atoms. The first-order valence-electron chi connectivity index (χ1n) is 12.5. The second kappa shape index (κ2) is 9.17. The number of aryl methyl sites for hydroxylation is 1. The molecule has 3 aliphatic rings. The van der Waals surface area contributed by atoms with Crippen LogP contribution in [0.25, 0.3) is 11.1 Å². The normalized spacial score (nSPS) is 22.6. The SMILES string of the molecule is Cc1cccc(C(=O)C2CC3COCC(C2)N3C(=O)OCC2c3ccccc3-c3ccccc32)c1F. The molecule has 0 aromatic heterocycles. The van der Waals surface area contributed by atoms with Crippen LogP contribution in [-0.2, 0) is 9.47 Å². The maximum absolute atomic E-state index is 14.6. The van der Waals surface area contributed by atoms with E-state index in [0.717, 1.165) is 0 Å². The fraction of sp³-hybridized carbons (Fsp3) is 0.333. The first-order chi connectivity index (χ1) is 17.5. The van der Waals surface area contributed by atoms with E-state index in [1.807, 2.05) is 24.3 Å². The van der Waals surface area contributed by atoms with Gasteiger partial charge in [0.05, 0.1) is 30.9 Å². The smallest absolute Gasteiger partial charge is 0.410 e. The minimum Gasteiger partial charge on any atom is -0.448 e. The molecule has 2 atom stereocenters. The van der Waals surface area contributed by atoms with Gasteiger partial charge in [-0.2, -0.15) is 0 Å². The summed E-state index contributed by atoms with van der Waals surface area (Å²) in [5.74, 6) is -1.01. The lowest BCUT2D eigenvalue weighted by molar-refractivity contribution is -0.0748. The van der Waals surface area contributed by atoms with Crippen LogP contribution in [0.2, 0.25) is 0 Å². The van der Waals surface area contributed by atoms with Crippen LogP contribution in [0.15, 0.2) is 66.7 Å². The van der Waals surface area contributed by atoms with Gasteiger partial charge < -0.3 is 9.47 Å². The zero-order valence-electron chi connectivity index (χ0n) is 20.2. The molecule has 2 aliphatic heterocycles. The number of carbonyl (C=O) groups is 2. The Kier molecular flexibility index (Phi) is 5.84. The van der Waals surface area contributed by atoms with Crippen LogP contribution in [0.3, 0.4) is 0 Å². The monoisotopic (exact) mass is 485 g/mol. The predicted octanol–water partition coefficient (Wildman–Crippen LogP) is 5.75. The first kappa shape index (κ1) is 22.9. The van der Waals surface area contributed by atoms with Crippen molar-refractivity contribution in [2.75, 3.05) is 19.8 Å². The molecule has 5 nitrogen and oxygen atoms in total. The molecule has 2 saturated heterocycles. The summed E-state index contributed by atoms with van der Waals surface area (Å²) in [6.45, 7) is 2.61. The summed E-state index contributed by atoms with van der Waals surface area (Å²) < 4.78 is 26.3. The maximum Gasteiger partial charge on any atom is 0.410 e. The van der Waals surface area contributed by atoms with Crippen molar-refractivity contribution in [2.45, 2.75) is 37.8 Å². The van der Waals surface area contributed by atoms with Crippen molar-refractivity contribution in [2.24, 2.45) is 5.92 Å². The number of rotatable bonds is 4. The van der Waals surface area contributed by atoms with Gasteiger partial charge in [-0.3, -0.25) is 9.69 Å². The number of benzene rings is 3. The molecule has 6 rings (SSSR count). The van der Waals surface area contributed by atoms with E-state index in [1.165, 1.54) is 22.3 Å². The van der Waals surface area contributed by atoms with Gasteiger partial charge in [-0.1, -0.05) is 60.7 Å². The Morgan fingerprint density at radius 2 is 1.53 bits per heavy atom. The third-order valence-electron chi connectivity index (χ3n) is 7.90. The second-order valence-electron chi connectivity index (χ2n) is 10.0. The molecule has 3 aromatic carbocycles. The Hall–Kier alpha value is -3.51. The highest BCUT2D eigenvalue weighted by Gasteiger charge is 2.45. The molecule has 0 radical (unpaired) electrons. The molecule has 2 fully saturated rings. The largest absolute Gasteiger partial charge is 0.448 e. The van der Waals surface area contributed by atoms with Gasteiger partial charge in [0.25, 0.3) is 0 Å². The second-order valence-corrected chi connectivity index (χ2v) is 10.0. The summed E-state index contributed by atoms with van der Waals surface area (Å²) in [7, 11) is 0. The Morgan fingerprint density at radius 3 is 2.17 bits per heavy atom. The molecule has 6 heteroatoms. The van der Waals surface area contributed by atoms with Gasteiger partial charge in [-0.25, -0.2) is 9.18 Å². The Labute approximate surface area is 209 Å². The average molecular weight is 486 g/mol. The summed E-state index contributed by atoms with van der Waals surface area (Å²) in [4.78, 5) is 28.3. The number of nitrogens with zero attached hydrogens (tertiary/aromatic N) is 1. The van der Waals surface area contributed by atoms with E-state index >= 15 is 0 Å². The van der Waals surface area contributed by atoms with Gasteiger partial charge in [0, 0.05) is 11.8 Å². The third kappa shape index (κ3) is 3.80. The number of ether oxygens (including phenoxy) is 2. The number of hydrogen-bond donors (Lipinski definition) is 0. The van der Waals surface area contributed by atoms with E-state index in [4.69, 9.17) is 9.47 Å². The van der Waals surface area contributed by atoms with Crippen LogP contribution in [0.5, 0.6) is 0 Å². The summed E-state index contributed by atoms with van der Waals surface area (Å²) >= 11 is 0. The van der Waals surface area contributed by atoms with Crippen LogP contribution >= 0.6 is 0 Å². The number of Topliss-reactive ketones (excluding diaryl/α,β-unsaturated/α-hetero) is 1. The highest BCUT2D eigenvalue weighted by atomic mass is 19.1. The molecule has 0 spiro atoms. The van der Waals surface area contributed by atoms with Crippen molar-refractivity contribution in [3.63, 3.8) is 0 Å². The minimum absolute atomic E-state index is 0.0131. The number of carbonyl (C=O) groups excluding carboxylic acids is 2. The van der Waals surface area contributed by atoms with E-state index in [1.54, 1.807) is 30.0 Å². The molecule has 2 bridgehead atoms. The Bertz CT molecular complexity index is 1280. The molecule has 184 valence electrons. The average Bonchev–Trinajstić information content (AvgIpc) is 3.21. The van der Waals surface area contributed by atoms with Gasteiger partial charge in [-0.15, -0.1) is 0 Å². The van der Waals surface area contributed by atoms with E-state index in [2.05, 4.69) is 24.3 Å². The van der Waals surface area contributed by atoms with E-state index in [9.17, 15) is 14.0 Å². The molecular weight excluding hydrogens is 457 g/mol. The lowest BCUT2D eigenvalue weighted by Gasteiger charge is -2.47. The first-order valence-corrected chi connectivity index (χ1v) is 12.5. The summed E-state index contributed by atoms with van der Waals surface area (Å²) in [5, 5.41) is 0. The van der Waals surface area contributed by atoms with Crippen molar-refractivity contribution >= 4 is 11.9 Å². The molecule has 0 N–H and O–H groups in total. The van der Waals surface area contributed by atoms with Crippen LogP contribution in [-0.4, -0.2) is 48.7 Å². The van der Waals surface area contributed by atoms with Crippen molar-refractivity contribution < 1.29 is 23.5 Å². The number of halogens is 1. The Balaban J connectivity index is 1.17. The van der Waals surface area contributed by atoms with Crippen molar-refractivity contribution in [3.05, 3.63) is 94.8 Å². The van der Waals surface area contributed by atoms with Crippen LogP contribution in [0.4, 0.5) is 9.18 Å². The maximum atomic E-state index is 14.6. The summed E-state index contributed by atoms with van der Waals surface area (Å²) in [5.41, 5.74) is 5.29. The number of hydrogen-bond acceptors (Lipinski definition) is 4. The van der Waals surface area contributed by atoms with Crippen LogP contribution < -0.4 is 0 Å². The molecule has 1 amide bonds. The molecule has 2 heterocycles. The Morgan fingerprint density at radius 1 is 0.917 bits per heavy atom. The van der Waals surface area contributed by atoms with E-state index in [0.29, 0.717) is 31.6 Å². The fourth-order valence-corrected chi connectivity index (χ4v) is 6.15. The zero-order valence-corrected chi connectivity index (χ0v) is 20.2. The molecular formula is C30H28FNO4. The molecule has 2 unspecified atom stereocenters. The lowest BCUT2D eigenvalue weighted by Crippen LogP contribution is -2.60.